The first-order valence-electron chi connectivity index (χ1n) is 8.30. The second-order valence-electron chi connectivity index (χ2n) is 7.23. The average molecular weight is 344 g/mol. The van der Waals surface area contributed by atoms with Gasteiger partial charge < -0.3 is 13.9 Å². The number of carbonyl (C=O) groups is 1. The summed E-state index contributed by atoms with van der Waals surface area (Å²) in [6.07, 6.45) is 4.90. The fourth-order valence-electron chi connectivity index (χ4n) is 3.07. The van der Waals surface area contributed by atoms with Crippen LogP contribution in [0.25, 0.3) is 5.76 Å². The van der Waals surface area contributed by atoms with E-state index in [9.17, 15) is 4.79 Å². The van der Waals surface area contributed by atoms with E-state index < -0.39 is 8.32 Å². The van der Waals surface area contributed by atoms with Crippen molar-refractivity contribution in [2.24, 2.45) is 5.92 Å². The minimum Gasteiger partial charge on any atom is -0.547 e. The normalized spacial score (nSPS) is 23.6. The van der Waals surface area contributed by atoms with Crippen molar-refractivity contribution in [1.29, 1.82) is 0 Å². The van der Waals surface area contributed by atoms with Gasteiger partial charge in [0.15, 0.2) is 5.78 Å². The van der Waals surface area contributed by atoms with E-state index in [4.69, 9.17) is 13.9 Å². The molecule has 1 aliphatic heterocycles. The highest BCUT2D eigenvalue weighted by Crippen LogP contribution is 2.36. The molecule has 0 unspecified atom stereocenters. The van der Waals surface area contributed by atoms with Gasteiger partial charge in [0.05, 0.1) is 18.8 Å². The van der Waals surface area contributed by atoms with Gasteiger partial charge in [0.2, 0.25) is 8.32 Å². The smallest absolute Gasteiger partial charge is 0.241 e. The largest absolute Gasteiger partial charge is 0.547 e. The number of hydrogen-bond donors (Lipinski definition) is 0. The maximum Gasteiger partial charge on any atom is 0.241 e. The Hall–Kier alpha value is -2.01. The molecule has 0 saturated heterocycles. The van der Waals surface area contributed by atoms with Gasteiger partial charge in [-0.15, -0.1) is 0 Å². The van der Waals surface area contributed by atoms with E-state index in [1.54, 1.807) is 13.2 Å². The lowest BCUT2D eigenvalue weighted by Crippen LogP contribution is -2.37. The van der Waals surface area contributed by atoms with Crippen molar-refractivity contribution >= 4 is 19.9 Å². The third kappa shape index (κ3) is 3.72. The fourth-order valence-corrected chi connectivity index (χ4v) is 4.03. The van der Waals surface area contributed by atoms with Gasteiger partial charge in [0.1, 0.15) is 17.6 Å². The third-order valence-electron chi connectivity index (χ3n) is 4.18. The lowest BCUT2D eigenvalue weighted by atomic mass is 9.84. The molecule has 1 aliphatic carbocycles. The standard InChI is InChI=1S/C19H24O4Si/c1-21-14-7-5-13(6-8-14)18-12-17(20)16-10-9-15(11-19(16)22-18)23-24(2,3)4/h5-9,12,16,19H,10-11H2,1-4H3/t16-,19-/m0/s1. The van der Waals surface area contributed by atoms with Crippen LogP contribution in [0.4, 0.5) is 0 Å². The van der Waals surface area contributed by atoms with Crippen LogP contribution in [0.3, 0.4) is 0 Å². The van der Waals surface area contributed by atoms with Crippen LogP contribution in [0.15, 0.2) is 42.2 Å². The monoisotopic (exact) mass is 344 g/mol. The highest BCUT2D eigenvalue weighted by atomic mass is 28.4. The van der Waals surface area contributed by atoms with Crippen LogP contribution < -0.4 is 4.74 Å². The van der Waals surface area contributed by atoms with E-state index in [0.717, 1.165) is 17.1 Å². The van der Waals surface area contributed by atoms with E-state index in [0.29, 0.717) is 18.6 Å². The topological polar surface area (TPSA) is 44.8 Å². The Morgan fingerprint density at radius 1 is 1.17 bits per heavy atom. The third-order valence-corrected chi connectivity index (χ3v) is 5.05. The van der Waals surface area contributed by atoms with Gasteiger partial charge in [-0.25, -0.2) is 0 Å². The molecule has 1 heterocycles. The zero-order chi connectivity index (χ0) is 17.3. The maximum absolute atomic E-state index is 12.5. The van der Waals surface area contributed by atoms with Gasteiger partial charge in [-0.3, -0.25) is 4.79 Å². The second-order valence-corrected chi connectivity index (χ2v) is 11.7. The van der Waals surface area contributed by atoms with Gasteiger partial charge >= 0.3 is 0 Å². The van der Waals surface area contributed by atoms with Crippen LogP contribution in [0.1, 0.15) is 18.4 Å². The van der Waals surface area contributed by atoms with Gasteiger partial charge in [-0.1, -0.05) is 0 Å². The van der Waals surface area contributed by atoms with E-state index in [2.05, 4.69) is 25.7 Å². The summed E-state index contributed by atoms with van der Waals surface area (Å²) in [5.74, 6) is 2.43. The molecule has 2 atom stereocenters. The number of fused-ring (bicyclic) bond motifs is 1. The summed E-state index contributed by atoms with van der Waals surface area (Å²) in [6.45, 7) is 6.49. The predicted molar refractivity (Wildman–Crippen MR) is 96.1 cm³/mol. The Labute approximate surface area is 144 Å². The SMILES string of the molecule is COc1ccc(C2=CC(=O)[C@@H]3CC=C(O[Si](C)(C)C)C[C@@H]3O2)cc1. The molecule has 2 aliphatic rings. The van der Waals surface area contributed by atoms with E-state index in [1.165, 1.54) is 0 Å². The molecular formula is C19H24O4Si. The number of ketones is 1. The van der Waals surface area contributed by atoms with Crippen molar-refractivity contribution in [2.45, 2.75) is 38.6 Å². The quantitative estimate of drug-likeness (QED) is 0.770. The first-order chi connectivity index (χ1) is 11.4. The molecule has 4 nitrogen and oxygen atoms in total. The maximum atomic E-state index is 12.5. The van der Waals surface area contributed by atoms with Crippen molar-refractivity contribution in [3.8, 4) is 5.75 Å². The molecule has 0 radical (unpaired) electrons. The minimum absolute atomic E-state index is 0.0963. The minimum atomic E-state index is -1.65. The number of allylic oxidation sites excluding steroid dienone is 2. The van der Waals surface area contributed by atoms with Crippen LogP contribution in [0.5, 0.6) is 5.75 Å². The van der Waals surface area contributed by atoms with Crippen LogP contribution in [0, 0.1) is 5.92 Å². The van der Waals surface area contributed by atoms with Crippen molar-refractivity contribution in [1.82, 2.24) is 0 Å². The van der Waals surface area contributed by atoms with Crippen LogP contribution in [-0.4, -0.2) is 27.3 Å². The van der Waals surface area contributed by atoms with Crippen molar-refractivity contribution < 1.29 is 18.7 Å². The summed E-state index contributed by atoms with van der Waals surface area (Å²) >= 11 is 0. The van der Waals surface area contributed by atoms with Gasteiger partial charge in [0, 0.05) is 18.1 Å². The Morgan fingerprint density at radius 3 is 2.50 bits per heavy atom. The predicted octanol–water partition coefficient (Wildman–Crippen LogP) is 4.15. The van der Waals surface area contributed by atoms with E-state index in [1.807, 2.05) is 24.3 Å². The zero-order valence-corrected chi connectivity index (χ0v) is 15.7. The highest BCUT2D eigenvalue weighted by Gasteiger charge is 2.37. The molecule has 0 aromatic heterocycles. The van der Waals surface area contributed by atoms with Crippen molar-refractivity contribution in [3.63, 3.8) is 0 Å². The number of ether oxygens (including phenoxy) is 2. The van der Waals surface area contributed by atoms with Crippen molar-refractivity contribution in [2.75, 3.05) is 7.11 Å². The van der Waals surface area contributed by atoms with Crippen molar-refractivity contribution in [3.05, 3.63) is 47.7 Å². The van der Waals surface area contributed by atoms with E-state index >= 15 is 0 Å². The fraction of sp³-hybridized carbons (Fsp3) is 0.421. The number of carbonyl (C=O) groups excluding carboxylic acids is 1. The average Bonchev–Trinajstić information content (AvgIpc) is 2.53. The highest BCUT2D eigenvalue weighted by molar-refractivity contribution is 6.70. The molecule has 3 rings (SSSR count). The van der Waals surface area contributed by atoms with Gasteiger partial charge in [0.25, 0.3) is 0 Å². The summed E-state index contributed by atoms with van der Waals surface area (Å²) in [5, 5.41) is 0. The molecule has 0 bridgehead atoms. The Bertz CT molecular complexity index is 682. The molecule has 5 heteroatoms. The summed E-state index contributed by atoms with van der Waals surface area (Å²) in [7, 11) is -0.0141. The molecule has 1 aromatic rings. The molecular weight excluding hydrogens is 320 g/mol. The number of methoxy groups -OCH3 is 1. The Balaban J connectivity index is 1.77. The first-order valence-corrected chi connectivity index (χ1v) is 11.7. The lowest BCUT2D eigenvalue weighted by Gasteiger charge is -2.35. The number of benzene rings is 1. The number of hydrogen-bond acceptors (Lipinski definition) is 4. The van der Waals surface area contributed by atoms with Gasteiger partial charge in [-0.05, 0) is 56.4 Å². The van der Waals surface area contributed by atoms with Gasteiger partial charge in [-0.2, -0.15) is 0 Å². The Morgan fingerprint density at radius 2 is 1.88 bits per heavy atom. The van der Waals surface area contributed by atoms with Crippen LogP contribution in [-0.2, 0) is 14.0 Å². The zero-order valence-electron chi connectivity index (χ0n) is 14.7. The molecule has 0 spiro atoms. The molecule has 128 valence electrons. The molecule has 24 heavy (non-hydrogen) atoms. The molecule has 1 aromatic carbocycles. The van der Waals surface area contributed by atoms with Crippen LogP contribution >= 0.6 is 0 Å². The second kappa shape index (κ2) is 6.47. The summed E-state index contributed by atoms with van der Waals surface area (Å²) in [6, 6.07) is 7.57. The summed E-state index contributed by atoms with van der Waals surface area (Å²) < 4.78 is 17.4. The molecule has 0 N–H and O–H groups in total. The van der Waals surface area contributed by atoms with E-state index in [-0.39, 0.29) is 17.8 Å². The number of rotatable bonds is 4. The molecule has 0 fully saturated rings. The molecule has 0 amide bonds. The first kappa shape index (κ1) is 16.8. The van der Waals surface area contributed by atoms with Crippen LogP contribution in [0.2, 0.25) is 19.6 Å². The molecule has 0 saturated carbocycles. The Kier molecular flexibility index (Phi) is 4.54. The lowest BCUT2D eigenvalue weighted by molar-refractivity contribution is -0.123. The summed E-state index contributed by atoms with van der Waals surface area (Å²) in [4.78, 5) is 12.5. The summed E-state index contributed by atoms with van der Waals surface area (Å²) in [5.41, 5.74) is 0.893.